The van der Waals surface area contributed by atoms with Gasteiger partial charge in [0.25, 0.3) is 0 Å². The summed E-state index contributed by atoms with van der Waals surface area (Å²) < 4.78 is 7.55. The third-order valence-corrected chi connectivity index (χ3v) is 4.19. The quantitative estimate of drug-likeness (QED) is 0.933. The van der Waals surface area contributed by atoms with Crippen molar-refractivity contribution in [3.63, 3.8) is 0 Å². The third-order valence-electron chi connectivity index (χ3n) is 4.19. The molecule has 110 valence electrons. The average molecular weight is 285 g/mol. The van der Waals surface area contributed by atoms with E-state index in [1.165, 1.54) is 5.69 Å². The Morgan fingerprint density at radius 3 is 2.86 bits per heavy atom. The molecule has 0 amide bonds. The summed E-state index contributed by atoms with van der Waals surface area (Å²) in [6.07, 6.45) is 1.97. The molecule has 0 saturated carbocycles. The minimum Gasteiger partial charge on any atom is -0.497 e. The van der Waals surface area contributed by atoms with Gasteiger partial charge in [-0.15, -0.1) is 0 Å². The molecule has 1 aliphatic rings. The summed E-state index contributed by atoms with van der Waals surface area (Å²) in [4.78, 5) is 11.1. The Hall–Kier alpha value is -2.23. The number of allylic oxidation sites excluding steroid dienone is 1. The molecule has 21 heavy (non-hydrogen) atoms. The van der Waals surface area contributed by atoms with Gasteiger partial charge >= 0.3 is 5.97 Å². The minimum atomic E-state index is -0.750. The van der Waals surface area contributed by atoms with Gasteiger partial charge in [-0.2, -0.15) is 0 Å². The van der Waals surface area contributed by atoms with Crippen LogP contribution in [0.25, 0.3) is 16.5 Å². The SMILES string of the molecule is C=C(C)c1cc(OC)cc2cc3n(c12)C(CC(=O)O)CC3. The van der Waals surface area contributed by atoms with Gasteiger partial charge in [0.15, 0.2) is 0 Å². The maximum absolute atomic E-state index is 11.1. The molecule has 1 atom stereocenters. The first-order valence-corrected chi connectivity index (χ1v) is 7.10. The van der Waals surface area contributed by atoms with E-state index in [4.69, 9.17) is 9.84 Å². The molecule has 1 N–H and O–H groups in total. The second-order valence-corrected chi connectivity index (χ2v) is 5.69. The number of aryl methyl sites for hydroxylation is 1. The van der Waals surface area contributed by atoms with Gasteiger partial charge in [-0.3, -0.25) is 4.79 Å². The summed E-state index contributed by atoms with van der Waals surface area (Å²) in [6, 6.07) is 6.16. The molecule has 3 rings (SSSR count). The zero-order valence-electron chi connectivity index (χ0n) is 12.3. The van der Waals surface area contributed by atoms with E-state index in [2.05, 4.69) is 17.2 Å². The van der Waals surface area contributed by atoms with Crippen molar-refractivity contribution in [2.45, 2.75) is 32.2 Å². The number of benzene rings is 1. The first kappa shape index (κ1) is 13.7. The number of carboxylic acids is 1. The first-order chi connectivity index (χ1) is 10.0. The number of hydrogen-bond donors (Lipinski definition) is 1. The molecule has 0 saturated heterocycles. The monoisotopic (exact) mass is 285 g/mol. The number of ether oxygens (including phenoxy) is 1. The number of rotatable bonds is 4. The molecule has 1 aromatic carbocycles. The van der Waals surface area contributed by atoms with Crippen LogP contribution in [0.15, 0.2) is 24.8 Å². The molecule has 0 radical (unpaired) electrons. The van der Waals surface area contributed by atoms with E-state index in [1.807, 2.05) is 19.1 Å². The number of aromatic nitrogens is 1. The standard InChI is InChI=1S/C17H19NO3/c1-10(2)15-9-14(21-3)7-11-6-12-4-5-13(8-16(19)20)18(12)17(11)15/h6-7,9,13H,1,4-5,8H2,2-3H3,(H,19,20). The normalized spacial score (nSPS) is 17.0. The number of hydrogen-bond acceptors (Lipinski definition) is 2. The van der Waals surface area contributed by atoms with Gasteiger partial charge in [0.05, 0.1) is 19.0 Å². The second-order valence-electron chi connectivity index (χ2n) is 5.69. The van der Waals surface area contributed by atoms with Crippen LogP contribution in [0.2, 0.25) is 0 Å². The molecule has 1 aromatic heterocycles. The minimum absolute atomic E-state index is 0.0292. The van der Waals surface area contributed by atoms with Crippen molar-refractivity contribution in [2.75, 3.05) is 7.11 Å². The van der Waals surface area contributed by atoms with E-state index in [0.717, 1.165) is 40.6 Å². The number of nitrogens with zero attached hydrogens (tertiary/aromatic N) is 1. The lowest BCUT2D eigenvalue weighted by Gasteiger charge is -2.16. The van der Waals surface area contributed by atoms with Gasteiger partial charge in [0.1, 0.15) is 5.75 Å². The zero-order valence-corrected chi connectivity index (χ0v) is 12.3. The van der Waals surface area contributed by atoms with Crippen molar-refractivity contribution < 1.29 is 14.6 Å². The average Bonchev–Trinajstić information content (AvgIpc) is 2.96. The number of methoxy groups -OCH3 is 1. The van der Waals surface area contributed by atoms with Crippen LogP contribution in [0.1, 0.15) is 37.1 Å². The van der Waals surface area contributed by atoms with Crippen LogP contribution in [-0.4, -0.2) is 22.8 Å². The summed E-state index contributed by atoms with van der Waals surface area (Å²) >= 11 is 0. The Bertz CT molecular complexity index is 742. The lowest BCUT2D eigenvalue weighted by Crippen LogP contribution is -2.10. The fourth-order valence-electron chi connectivity index (χ4n) is 3.29. The fourth-order valence-corrected chi connectivity index (χ4v) is 3.29. The molecule has 0 spiro atoms. The van der Waals surface area contributed by atoms with Gasteiger partial charge in [-0.25, -0.2) is 0 Å². The Morgan fingerprint density at radius 2 is 2.24 bits per heavy atom. The Morgan fingerprint density at radius 1 is 1.48 bits per heavy atom. The van der Waals surface area contributed by atoms with Crippen molar-refractivity contribution in [2.24, 2.45) is 0 Å². The van der Waals surface area contributed by atoms with Crippen LogP contribution < -0.4 is 4.74 Å². The van der Waals surface area contributed by atoms with E-state index in [0.29, 0.717) is 0 Å². The maximum atomic E-state index is 11.1. The Kier molecular flexibility index (Phi) is 3.24. The third kappa shape index (κ3) is 2.20. The molecule has 4 nitrogen and oxygen atoms in total. The first-order valence-electron chi connectivity index (χ1n) is 7.10. The highest BCUT2D eigenvalue weighted by atomic mass is 16.5. The highest BCUT2D eigenvalue weighted by Crippen LogP contribution is 2.39. The van der Waals surface area contributed by atoms with E-state index < -0.39 is 5.97 Å². The number of aliphatic carboxylic acids is 1. The van der Waals surface area contributed by atoms with Crippen LogP contribution in [0.5, 0.6) is 5.75 Å². The summed E-state index contributed by atoms with van der Waals surface area (Å²) in [5.74, 6) is 0.0552. The summed E-state index contributed by atoms with van der Waals surface area (Å²) in [6.45, 7) is 6.02. The maximum Gasteiger partial charge on any atom is 0.305 e. The van der Waals surface area contributed by atoms with Crippen molar-refractivity contribution in [3.05, 3.63) is 36.0 Å². The van der Waals surface area contributed by atoms with Crippen LogP contribution >= 0.6 is 0 Å². The molecule has 0 bridgehead atoms. The molecule has 0 aliphatic carbocycles. The van der Waals surface area contributed by atoms with Gasteiger partial charge in [0, 0.05) is 22.7 Å². The molecule has 2 aromatic rings. The summed E-state index contributed by atoms with van der Waals surface area (Å²) in [5, 5.41) is 10.2. The fraction of sp³-hybridized carbons (Fsp3) is 0.353. The zero-order chi connectivity index (χ0) is 15.1. The Balaban J connectivity index is 2.24. The van der Waals surface area contributed by atoms with Crippen molar-refractivity contribution in [1.29, 1.82) is 0 Å². The molecule has 4 heteroatoms. The van der Waals surface area contributed by atoms with Crippen LogP contribution in [0.3, 0.4) is 0 Å². The molecule has 1 unspecified atom stereocenters. The smallest absolute Gasteiger partial charge is 0.305 e. The van der Waals surface area contributed by atoms with Gasteiger partial charge < -0.3 is 14.4 Å². The molecule has 0 fully saturated rings. The molecular weight excluding hydrogens is 266 g/mol. The lowest BCUT2D eigenvalue weighted by molar-refractivity contribution is -0.137. The van der Waals surface area contributed by atoms with Crippen molar-refractivity contribution >= 4 is 22.4 Å². The molecule has 2 heterocycles. The summed E-state index contributed by atoms with van der Waals surface area (Å²) in [7, 11) is 1.65. The lowest BCUT2D eigenvalue weighted by atomic mass is 10.0. The van der Waals surface area contributed by atoms with Gasteiger partial charge in [0.2, 0.25) is 0 Å². The van der Waals surface area contributed by atoms with E-state index in [9.17, 15) is 4.79 Å². The molecule has 1 aliphatic heterocycles. The highest BCUT2D eigenvalue weighted by molar-refractivity contribution is 5.93. The van der Waals surface area contributed by atoms with Gasteiger partial charge in [-0.1, -0.05) is 6.58 Å². The predicted octanol–water partition coefficient (Wildman–Crippen LogP) is 3.65. The van der Waals surface area contributed by atoms with Crippen molar-refractivity contribution in [3.8, 4) is 5.75 Å². The topological polar surface area (TPSA) is 51.5 Å². The van der Waals surface area contributed by atoms with E-state index in [1.54, 1.807) is 7.11 Å². The predicted molar refractivity (Wildman–Crippen MR) is 82.8 cm³/mol. The Labute approximate surface area is 123 Å². The van der Waals surface area contributed by atoms with Crippen molar-refractivity contribution in [1.82, 2.24) is 4.57 Å². The number of carboxylic acid groups (broad SMARTS) is 1. The highest BCUT2D eigenvalue weighted by Gasteiger charge is 2.27. The molecular formula is C17H19NO3. The summed E-state index contributed by atoms with van der Waals surface area (Å²) in [5.41, 5.74) is 4.28. The van der Waals surface area contributed by atoms with E-state index in [-0.39, 0.29) is 12.5 Å². The number of fused-ring (bicyclic) bond motifs is 3. The second kappa shape index (κ2) is 4.95. The van der Waals surface area contributed by atoms with Crippen LogP contribution in [0.4, 0.5) is 0 Å². The van der Waals surface area contributed by atoms with Crippen LogP contribution in [-0.2, 0) is 11.2 Å². The number of carbonyl (C=O) groups is 1. The van der Waals surface area contributed by atoms with Gasteiger partial charge in [-0.05, 0) is 43.5 Å². The largest absolute Gasteiger partial charge is 0.497 e. The van der Waals surface area contributed by atoms with E-state index >= 15 is 0 Å². The van der Waals surface area contributed by atoms with Crippen LogP contribution in [0, 0.1) is 0 Å².